The Morgan fingerprint density at radius 2 is 2.00 bits per heavy atom. The van der Waals surface area contributed by atoms with Crippen molar-refractivity contribution in [1.82, 2.24) is 4.98 Å². The van der Waals surface area contributed by atoms with E-state index in [2.05, 4.69) is 4.98 Å². The van der Waals surface area contributed by atoms with Crippen LogP contribution in [0.25, 0.3) is 0 Å². The van der Waals surface area contributed by atoms with Gasteiger partial charge in [-0.3, -0.25) is 0 Å². The third-order valence-electron chi connectivity index (χ3n) is 2.26. The van der Waals surface area contributed by atoms with Crippen LogP contribution in [-0.4, -0.2) is 29.4 Å². The monoisotopic (exact) mass is 248 g/mol. The molecule has 6 heteroatoms. The molecule has 1 aromatic heterocycles. The van der Waals surface area contributed by atoms with Gasteiger partial charge in [-0.2, -0.15) is 13.2 Å². The lowest BCUT2D eigenvalue weighted by Crippen LogP contribution is -2.34. The minimum absolute atomic E-state index is 0.208. The first-order chi connectivity index (χ1) is 7.85. The van der Waals surface area contributed by atoms with Gasteiger partial charge in [0.1, 0.15) is 12.4 Å². The summed E-state index contributed by atoms with van der Waals surface area (Å²) >= 11 is 0. The molecular formula is C11H15F3N2O. The largest absolute Gasteiger partial charge is 0.405 e. The average molecular weight is 248 g/mol. The van der Waals surface area contributed by atoms with Crippen LogP contribution in [0, 0.1) is 6.92 Å². The predicted octanol–water partition coefficient (Wildman–Crippen LogP) is 2.27. The number of pyridine rings is 1. The Hall–Kier alpha value is -1.30. The van der Waals surface area contributed by atoms with Crippen LogP contribution in [0.1, 0.15) is 18.2 Å². The minimum Gasteiger partial charge on any atom is -0.392 e. The van der Waals surface area contributed by atoms with Gasteiger partial charge < -0.3 is 10.0 Å². The number of halogens is 3. The minimum atomic E-state index is -4.26. The summed E-state index contributed by atoms with van der Waals surface area (Å²) < 4.78 is 37.0. The van der Waals surface area contributed by atoms with Crippen LogP contribution in [-0.2, 0) is 6.61 Å². The molecule has 1 heterocycles. The quantitative estimate of drug-likeness (QED) is 0.888. The number of hydrogen-bond acceptors (Lipinski definition) is 3. The standard InChI is InChI=1S/C11H15F3N2O/c1-3-16(7-11(12,13)14)10-5-9(6-17)4-8(2)15-10/h4-5,17H,3,6-7H2,1-2H3. The average Bonchev–Trinajstić information content (AvgIpc) is 2.23. The zero-order chi connectivity index (χ0) is 13.1. The molecule has 0 radical (unpaired) electrons. The lowest BCUT2D eigenvalue weighted by molar-refractivity contribution is -0.119. The van der Waals surface area contributed by atoms with Crippen LogP contribution in [0.4, 0.5) is 19.0 Å². The fourth-order valence-corrected chi connectivity index (χ4v) is 1.55. The van der Waals surface area contributed by atoms with Gasteiger partial charge in [-0.05, 0) is 31.5 Å². The highest BCUT2D eigenvalue weighted by molar-refractivity contribution is 5.42. The fourth-order valence-electron chi connectivity index (χ4n) is 1.55. The highest BCUT2D eigenvalue weighted by atomic mass is 19.4. The molecule has 1 rings (SSSR count). The molecule has 0 spiro atoms. The number of aromatic nitrogens is 1. The van der Waals surface area contributed by atoms with Crippen LogP contribution in [0.3, 0.4) is 0 Å². The van der Waals surface area contributed by atoms with Gasteiger partial charge in [0.05, 0.1) is 6.61 Å². The summed E-state index contributed by atoms with van der Waals surface area (Å²) in [5, 5.41) is 9.01. The van der Waals surface area contributed by atoms with Crippen molar-refractivity contribution in [3.63, 3.8) is 0 Å². The van der Waals surface area contributed by atoms with Gasteiger partial charge in [-0.15, -0.1) is 0 Å². The van der Waals surface area contributed by atoms with Crippen molar-refractivity contribution in [1.29, 1.82) is 0 Å². The molecule has 0 saturated heterocycles. The van der Waals surface area contributed by atoms with Crippen molar-refractivity contribution in [3.05, 3.63) is 23.4 Å². The Balaban J connectivity index is 2.99. The predicted molar refractivity (Wildman–Crippen MR) is 58.8 cm³/mol. The molecule has 0 aromatic carbocycles. The molecule has 0 saturated carbocycles. The van der Waals surface area contributed by atoms with Crippen molar-refractivity contribution in [2.45, 2.75) is 26.6 Å². The molecule has 1 aromatic rings. The fraction of sp³-hybridized carbons (Fsp3) is 0.545. The molecule has 17 heavy (non-hydrogen) atoms. The Labute approximate surface area is 97.9 Å². The molecule has 0 fully saturated rings. The van der Waals surface area contributed by atoms with Crippen molar-refractivity contribution in [2.24, 2.45) is 0 Å². The van der Waals surface area contributed by atoms with Crippen LogP contribution < -0.4 is 4.90 Å². The van der Waals surface area contributed by atoms with E-state index < -0.39 is 12.7 Å². The first kappa shape index (κ1) is 13.8. The second-order valence-corrected chi connectivity index (χ2v) is 3.76. The molecule has 1 N–H and O–H groups in total. The third kappa shape index (κ3) is 4.22. The molecule has 0 aliphatic rings. The molecule has 0 aliphatic heterocycles. The lowest BCUT2D eigenvalue weighted by Gasteiger charge is -2.24. The number of aryl methyl sites for hydroxylation is 1. The van der Waals surface area contributed by atoms with Crippen LogP contribution >= 0.6 is 0 Å². The molecule has 0 unspecified atom stereocenters. The number of rotatable bonds is 4. The van der Waals surface area contributed by atoms with E-state index >= 15 is 0 Å². The Bertz CT molecular complexity index is 379. The van der Waals surface area contributed by atoms with Crippen molar-refractivity contribution < 1.29 is 18.3 Å². The zero-order valence-electron chi connectivity index (χ0n) is 9.75. The molecule has 96 valence electrons. The number of aliphatic hydroxyl groups is 1. The van der Waals surface area contributed by atoms with Gasteiger partial charge in [-0.1, -0.05) is 0 Å². The number of alkyl halides is 3. The van der Waals surface area contributed by atoms with Gasteiger partial charge in [0.2, 0.25) is 0 Å². The van der Waals surface area contributed by atoms with E-state index in [1.807, 2.05) is 0 Å². The zero-order valence-corrected chi connectivity index (χ0v) is 9.75. The highest BCUT2D eigenvalue weighted by Gasteiger charge is 2.30. The second-order valence-electron chi connectivity index (χ2n) is 3.76. The van der Waals surface area contributed by atoms with Gasteiger partial charge in [0.25, 0.3) is 0 Å². The molecule has 0 aliphatic carbocycles. The Kier molecular flexibility index (Phi) is 4.34. The van der Waals surface area contributed by atoms with E-state index in [1.165, 1.54) is 6.07 Å². The van der Waals surface area contributed by atoms with E-state index in [0.717, 1.165) is 4.90 Å². The first-order valence-electron chi connectivity index (χ1n) is 5.26. The summed E-state index contributed by atoms with van der Waals surface area (Å²) in [5.74, 6) is 0.244. The molecule has 0 bridgehead atoms. The number of hydrogen-bond donors (Lipinski definition) is 1. The van der Waals surface area contributed by atoms with Crippen LogP contribution in [0.15, 0.2) is 12.1 Å². The third-order valence-corrected chi connectivity index (χ3v) is 2.26. The topological polar surface area (TPSA) is 36.4 Å². The summed E-state index contributed by atoms with van der Waals surface area (Å²) in [4.78, 5) is 5.18. The maximum Gasteiger partial charge on any atom is 0.405 e. The van der Waals surface area contributed by atoms with Gasteiger partial charge in [-0.25, -0.2) is 4.98 Å². The van der Waals surface area contributed by atoms with E-state index in [-0.39, 0.29) is 19.0 Å². The van der Waals surface area contributed by atoms with Crippen molar-refractivity contribution in [2.75, 3.05) is 18.0 Å². The highest BCUT2D eigenvalue weighted by Crippen LogP contribution is 2.21. The number of nitrogens with zero attached hydrogens (tertiary/aromatic N) is 2. The Morgan fingerprint density at radius 1 is 1.35 bits per heavy atom. The van der Waals surface area contributed by atoms with Gasteiger partial charge in [0.15, 0.2) is 0 Å². The molecular weight excluding hydrogens is 233 g/mol. The van der Waals surface area contributed by atoms with E-state index in [1.54, 1.807) is 19.9 Å². The summed E-state index contributed by atoms with van der Waals surface area (Å²) in [6, 6.07) is 3.12. The van der Waals surface area contributed by atoms with E-state index in [0.29, 0.717) is 11.3 Å². The lowest BCUT2D eigenvalue weighted by atomic mass is 10.2. The molecule has 0 amide bonds. The molecule has 3 nitrogen and oxygen atoms in total. The van der Waals surface area contributed by atoms with E-state index in [4.69, 9.17) is 5.11 Å². The van der Waals surface area contributed by atoms with Crippen LogP contribution in [0.2, 0.25) is 0 Å². The summed E-state index contributed by atoms with van der Waals surface area (Å²) in [5.41, 5.74) is 1.15. The second kappa shape index (κ2) is 5.35. The first-order valence-corrected chi connectivity index (χ1v) is 5.26. The normalized spacial score (nSPS) is 11.6. The van der Waals surface area contributed by atoms with Crippen molar-refractivity contribution >= 4 is 5.82 Å². The smallest absolute Gasteiger partial charge is 0.392 e. The Morgan fingerprint density at radius 3 is 2.47 bits per heavy atom. The summed E-state index contributed by atoms with van der Waals surface area (Å²) in [6.45, 7) is 2.28. The number of aliphatic hydroxyl groups excluding tert-OH is 1. The molecule has 0 atom stereocenters. The maximum atomic E-state index is 12.3. The summed E-state index contributed by atoms with van der Waals surface area (Å²) in [7, 11) is 0. The van der Waals surface area contributed by atoms with Gasteiger partial charge in [0, 0.05) is 12.2 Å². The number of anilines is 1. The van der Waals surface area contributed by atoms with E-state index in [9.17, 15) is 13.2 Å². The summed E-state index contributed by atoms with van der Waals surface area (Å²) in [6.07, 6.45) is -4.26. The maximum absolute atomic E-state index is 12.3. The SMILES string of the molecule is CCN(CC(F)(F)F)c1cc(CO)cc(C)n1. The van der Waals surface area contributed by atoms with Crippen LogP contribution in [0.5, 0.6) is 0 Å². The van der Waals surface area contributed by atoms with Gasteiger partial charge >= 0.3 is 6.18 Å². The van der Waals surface area contributed by atoms with Crippen molar-refractivity contribution in [3.8, 4) is 0 Å².